The second kappa shape index (κ2) is 14.3. The molecule has 0 radical (unpaired) electrons. The third-order valence-corrected chi connectivity index (χ3v) is 1.52. The van der Waals surface area contributed by atoms with Crippen LogP contribution < -0.4 is 18.9 Å². The van der Waals surface area contributed by atoms with E-state index in [-0.39, 0.29) is 18.9 Å². The van der Waals surface area contributed by atoms with Gasteiger partial charge in [-0.05, 0) is 0 Å². The summed E-state index contributed by atoms with van der Waals surface area (Å²) in [7, 11) is 0. The Hall–Kier alpha value is -0.183. The number of hydrogen-bond acceptors (Lipinski definition) is 0. The Morgan fingerprint density at radius 2 is 1.23 bits per heavy atom. The molecule has 0 bridgehead atoms. The summed E-state index contributed by atoms with van der Waals surface area (Å²) in [5.74, 6) is 0. The normalized spacial score (nSPS) is 7.85. The standard InChI is InChI=1S/C6H6.C6H13.Li/c1-2-4-6-5-3-1;1-3-5-6-4-2;/h1-6H;1,3-6H2,2H3;/q;-1;+1. The largest absolute Gasteiger partial charge is 1.00 e. The molecule has 0 heterocycles. The number of hydrogen-bond donors (Lipinski definition) is 0. The molecular weight excluding hydrogens is 151 g/mol. The van der Waals surface area contributed by atoms with Gasteiger partial charge < -0.3 is 6.92 Å². The van der Waals surface area contributed by atoms with Gasteiger partial charge in [-0.25, -0.2) is 0 Å². The van der Waals surface area contributed by atoms with E-state index < -0.39 is 0 Å². The minimum Gasteiger partial charge on any atom is -0.343 e. The summed E-state index contributed by atoms with van der Waals surface area (Å²) >= 11 is 0. The fraction of sp³-hybridized carbons (Fsp3) is 0.417. The zero-order chi connectivity index (χ0) is 9.07. The van der Waals surface area contributed by atoms with Gasteiger partial charge in [-0.15, -0.1) is 0 Å². The second-order valence-corrected chi connectivity index (χ2v) is 2.72. The van der Waals surface area contributed by atoms with Crippen molar-refractivity contribution >= 4 is 0 Å². The summed E-state index contributed by atoms with van der Waals surface area (Å²) in [6.45, 7) is 5.93. The Morgan fingerprint density at radius 1 is 0.846 bits per heavy atom. The zero-order valence-corrected chi connectivity index (χ0v) is 9.00. The van der Waals surface area contributed by atoms with Crippen LogP contribution in [0.4, 0.5) is 0 Å². The summed E-state index contributed by atoms with van der Waals surface area (Å²) in [6, 6.07) is 12.0. The SMILES string of the molecule is [CH2-]CCCCC.[Li+].c1ccccc1. The van der Waals surface area contributed by atoms with E-state index >= 15 is 0 Å². The average molecular weight is 170 g/mol. The van der Waals surface area contributed by atoms with Crippen LogP contribution in [0.1, 0.15) is 32.6 Å². The first-order valence-corrected chi connectivity index (χ1v) is 4.71. The van der Waals surface area contributed by atoms with Crippen molar-refractivity contribution in [1.29, 1.82) is 0 Å². The van der Waals surface area contributed by atoms with E-state index in [4.69, 9.17) is 0 Å². The van der Waals surface area contributed by atoms with Crippen LogP contribution >= 0.6 is 0 Å². The molecule has 0 N–H and O–H groups in total. The summed E-state index contributed by atoms with van der Waals surface area (Å²) in [6.07, 6.45) is 5.07. The van der Waals surface area contributed by atoms with Crippen LogP contribution in [0.5, 0.6) is 0 Å². The van der Waals surface area contributed by atoms with Crippen LogP contribution in [-0.4, -0.2) is 0 Å². The number of unbranched alkanes of at least 4 members (excludes halogenated alkanes) is 3. The van der Waals surface area contributed by atoms with Crippen molar-refractivity contribution < 1.29 is 18.9 Å². The second-order valence-electron chi connectivity index (χ2n) is 2.72. The van der Waals surface area contributed by atoms with E-state index in [1.165, 1.54) is 19.3 Å². The Kier molecular flexibility index (Phi) is 16.9. The third-order valence-electron chi connectivity index (χ3n) is 1.52. The van der Waals surface area contributed by atoms with E-state index in [2.05, 4.69) is 13.8 Å². The maximum absolute atomic E-state index is 3.72. The molecule has 0 fully saturated rings. The summed E-state index contributed by atoms with van der Waals surface area (Å²) < 4.78 is 0. The quantitative estimate of drug-likeness (QED) is 0.362. The minimum atomic E-state index is 0. The Morgan fingerprint density at radius 3 is 1.38 bits per heavy atom. The van der Waals surface area contributed by atoms with Crippen molar-refractivity contribution in [3.05, 3.63) is 43.3 Å². The molecule has 0 saturated carbocycles. The minimum absolute atomic E-state index is 0. The van der Waals surface area contributed by atoms with Gasteiger partial charge in [0.1, 0.15) is 0 Å². The fourth-order valence-corrected chi connectivity index (χ4v) is 0.812. The van der Waals surface area contributed by atoms with Gasteiger partial charge in [-0.2, -0.15) is 6.42 Å². The van der Waals surface area contributed by atoms with Crippen molar-refractivity contribution in [3.63, 3.8) is 0 Å². The van der Waals surface area contributed by atoms with E-state index in [9.17, 15) is 0 Å². The van der Waals surface area contributed by atoms with E-state index in [1.54, 1.807) is 0 Å². The maximum Gasteiger partial charge on any atom is 1.00 e. The predicted molar refractivity (Wildman–Crippen MR) is 55.9 cm³/mol. The maximum atomic E-state index is 3.72. The van der Waals surface area contributed by atoms with Crippen LogP contribution in [0.3, 0.4) is 0 Å². The zero-order valence-electron chi connectivity index (χ0n) is 9.00. The van der Waals surface area contributed by atoms with Crippen molar-refractivity contribution in [2.24, 2.45) is 0 Å². The fourth-order valence-electron chi connectivity index (χ4n) is 0.812. The van der Waals surface area contributed by atoms with Crippen molar-refractivity contribution in [2.75, 3.05) is 0 Å². The topological polar surface area (TPSA) is 0 Å². The van der Waals surface area contributed by atoms with E-state index in [0.29, 0.717) is 0 Å². The molecule has 68 valence electrons. The first-order valence-electron chi connectivity index (χ1n) is 4.71. The molecule has 0 saturated heterocycles. The molecular formula is C12H19Li. The Balaban J connectivity index is 0. The molecule has 1 rings (SSSR count). The number of benzene rings is 1. The molecule has 0 atom stereocenters. The molecule has 0 unspecified atom stereocenters. The average Bonchev–Trinajstić information content (AvgIpc) is 2.18. The third kappa shape index (κ3) is 14.6. The van der Waals surface area contributed by atoms with Gasteiger partial charge in [0.2, 0.25) is 0 Å². The first kappa shape index (κ1) is 15.3. The van der Waals surface area contributed by atoms with Crippen LogP contribution in [0.25, 0.3) is 0 Å². The van der Waals surface area contributed by atoms with Gasteiger partial charge in [0.15, 0.2) is 0 Å². The molecule has 0 aliphatic carbocycles. The van der Waals surface area contributed by atoms with Crippen molar-refractivity contribution in [2.45, 2.75) is 32.6 Å². The van der Waals surface area contributed by atoms with Gasteiger partial charge in [-0.1, -0.05) is 62.6 Å². The van der Waals surface area contributed by atoms with Crippen molar-refractivity contribution in [1.82, 2.24) is 0 Å². The van der Waals surface area contributed by atoms with Gasteiger partial charge in [0, 0.05) is 0 Å². The predicted octanol–water partition coefficient (Wildman–Crippen LogP) is 1.09. The molecule has 0 aromatic heterocycles. The smallest absolute Gasteiger partial charge is 0.343 e. The molecule has 1 aromatic carbocycles. The number of rotatable bonds is 3. The van der Waals surface area contributed by atoms with Gasteiger partial charge in [-0.3, -0.25) is 0 Å². The van der Waals surface area contributed by atoms with Crippen molar-refractivity contribution in [3.8, 4) is 0 Å². The molecule has 0 spiro atoms. The molecule has 0 nitrogen and oxygen atoms in total. The molecule has 13 heavy (non-hydrogen) atoms. The monoisotopic (exact) mass is 170 g/mol. The first-order chi connectivity index (χ1) is 5.91. The molecule has 0 aliphatic rings. The van der Waals surface area contributed by atoms with E-state index in [1.807, 2.05) is 36.4 Å². The Bertz CT molecular complexity index is 118. The van der Waals surface area contributed by atoms with Crippen LogP contribution in [0.15, 0.2) is 36.4 Å². The van der Waals surface area contributed by atoms with Gasteiger partial charge in [0.25, 0.3) is 0 Å². The molecule has 1 heteroatoms. The van der Waals surface area contributed by atoms with Gasteiger partial charge >= 0.3 is 18.9 Å². The van der Waals surface area contributed by atoms with Crippen LogP contribution in [0, 0.1) is 6.92 Å². The molecule has 0 amide bonds. The van der Waals surface area contributed by atoms with Gasteiger partial charge in [0.05, 0.1) is 0 Å². The van der Waals surface area contributed by atoms with E-state index in [0.717, 1.165) is 6.42 Å². The molecule has 1 aromatic rings. The summed E-state index contributed by atoms with van der Waals surface area (Å²) in [5.41, 5.74) is 0. The van der Waals surface area contributed by atoms with Crippen LogP contribution in [-0.2, 0) is 0 Å². The molecule has 0 aliphatic heterocycles. The Labute approximate surface area is 94.9 Å². The summed E-state index contributed by atoms with van der Waals surface area (Å²) in [4.78, 5) is 0. The summed E-state index contributed by atoms with van der Waals surface area (Å²) in [5, 5.41) is 0. The van der Waals surface area contributed by atoms with Crippen LogP contribution in [0.2, 0.25) is 0 Å².